The van der Waals surface area contributed by atoms with Crippen molar-refractivity contribution in [1.29, 1.82) is 5.41 Å². The highest BCUT2D eigenvalue weighted by molar-refractivity contribution is 6.43. The first-order chi connectivity index (χ1) is 7.06. The second-order valence-corrected chi connectivity index (χ2v) is 2.87. The molecule has 0 aliphatic rings. The summed E-state index contributed by atoms with van der Waals surface area (Å²) in [5, 5.41) is 16.6. The third kappa shape index (κ3) is 2.46. The van der Waals surface area contributed by atoms with E-state index in [1.165, 1.54) is 18.2 Å². The van der Waals surface area contributed by atoms with Crippen molar-refractivity contribution in [1.82, 2.24) is 0 Å². The predicted octanol–water partition coefficient (Wildman–Crippen LogP) is 0.905. The molecule has 0 unspecified atom stereocenters. The zero-order chi connectivity index (χ0) is 11.4. The van der Waals surface area contributed by atoms with Crippen molar-refractivity contribution in [2.45, 2.75) is 6.92 Å². The molecule has 0 fully saturated rings. The molecule has 0 bridgehead atoms. The lowest BCUT2D eigenvalue weighted by Gasteiger charge is -2.06. The summed E-state index contributed by atoms with van der Waals surface area (Å²) in [6.07, 6.45) is 0. The van der Waals surface area contributed by atoms with Crippen molar-refractivity contribution in [2.75, 3.05) is 12.3 Å². The summed E-state index contributed by atoms with van der Waals surface area (Å²) >= 11 is 0. The third-order valence-electron chi connectivity index (χ3n) is 1.78. The van der Waals surface area contributed by atoms with Crippen LogP contribution in [0, 0.1) is 5.41 Å². The summed E-state index contributed by atoms with van der Waals surface area (Å²) in [7, 11) is 0. The third-order valence-corrected chi connectivity index (χ3v) is 1.78. The minimum absolute atomic E-state index is 0.00657. The first kappa shape index (κ1) is 11.0. The Kier molecular flexibility index (Phi) is 3.28. The van der Waals surface area contributed by atoms with Crippen LogP contribution in [0.1, 0.15) is 12.5 Å². The van der Waals surface area contributed by atoms with Gasteiger partial charge in [-0.2, -0.15) is 0 Å². The maximum atomic E-state index is 11.2. The number of ether oxygens (including phenoxy) is 1. The van der Waals surface area contributed by atoms with Gasteiger partial charge >= 0.3 is 5.97 Å². The molecule has 0 radical (unpaired) electrons. The van der Waals surface area contributed by atoms with Gasteiger partial charge in [-0.15, -0.1) is 0 Å². The van der Waals surface area contributed by atoms with Crippen LogP contribution in [0.2, 0.25) is 0 Å². The number of hydrogen-bond donors (Lipinski definition) is 3. The standard InChI is InChI=1S/C10H12N2O3/c1-2-15-10(14)9(12)7-4-3-6(13)5-8(7)11/h3-5,12-13H,2,11H2,1H3. The summed E-state index contributed by atoms with van der Waals surface area (Å²) in [5.41, 5.74) is 5.67. The molecule has 1 aromatic carbocycles. The van der Waals surface area contributed by atoms with E-state index in [2.05, 4.69) is 4.74 Å². The zero-order valence-corrected chi connectivity index (χ0v) is 8.28. The molecule has 0 aliphatic heterocycles. The zero-order valence-electron chi connectivity index (χ0n) is 8.28. The number of carbonyl (C=O) groups is 1. The number of esters is 1. The van der Waals surface area contributed by atoms with Crippen LogP contribution in [-0.4, -0.2) is 23.4 Å². The predicted molar refractivity (Wildman–Crippen MR) is 56.0 cm³/mol. The Morgan fingerprint density at radius 2 is 2.27 bits per heavy atom. The van der Waals surface area contributed by atoms with Gasteiger partial charge in [0.2, 0.25) is 0 Å². The fourth-order valence-corrected chi connectivity index (χ4v) is 1.09. The van der Waals surface area contributed by atoms with Gasteiger partial charge in [0.1, 0.15) is 11.5 Å². The minimum atomic E-state index is -0.727. The quantitative estimate of drug-likeness (QED) is 0.390. The number of benzene rings is 1. The van der Waals surface area contributed by atoms with E-state index in [1.807, 2.05) is 0 Å². The number of hydrogen-bond acceptors (Lipinski definition) is 5. The number of phenolic OH excluding ortho intramolecular Hbond substituents is 1. The number of nitrogens with two attached hydrogens (primary N) is 1. The van der Waals surface area contributed by atoms with Crippen LogP contribution >= 0.6 is 0 Å². The van der Waals surface area contributed by atoms with Gasteiger partial charge in [-0.1, -0.05) is 0 Å². The lowest BCUT2D eigenvalue weighted by molar-refractivity contribution is -0.135. The molecule has 5 heteroatoms. The summed E-state index contributed by atoms with van der Waals surface area (Å²) < 4.78 is 4.66. The van der Waals surface area contributed by atoms with E-state index in [0.29, 0.717) is 0 Å². The van der Waals surface area contributed by atoms with Crippen molar-refractivity contribution < 1.29 is 14.6 Å². The molecule has 5 nitrogen and oxygen atoms in total. The van der Waals surface area contributed by atoms with E-state index >= 15 is 0 Å². The van der Waals surface area contributed by atoms with Crippen LogP contribution in [-0.2, 0) is 9.53 Å². The minimum Gasteiger partial charge on any atom is -0.508 e. The highest BCUT2D eigenvalue weighted by atomic mass is 16.5. The molecule has 0 saturated heterocycles. The van der Waals surface area contributed by atoms with Crippen LogP contribution in [0.15, 0.2) is 18.2 Å². The number of carbonyl (C=O) groups excluding carboxylic acids is 1. The molecule has 0 aliphatic carbocycles. The van der Waals surface area contributed by atoms with Crippen LogP contribution in [0.4, 0.5) is 5.69 Å². The number of rotatable bonds is 3. The molecule has 1 rings (SSSR count). The number of nitrogen functional groups attached to an aromatic ring is 1. The van der Waals surface area contributed by atoms with E-state index in [1.54, 1.807) is 6.92 Å². The Balaban J connectivity index is 2.96. The lowest BCUT2D eigenvalue weighted by atomic mass is 10.1. The Morgan fingerprint density at radius 1 is 1.60 bits per heavy atom. The van der Waals surface area contributed by atoms with Crippen LogP contribution in [0.5, 0.6) is 5.75 Å². The summed E-state index contributed by atoms with van der Waals surface area (Å²) in [6.45, 7) is 1.87. The molecule has 0 spiro atoms. The Morgan fingerprint density at radius 3 is 2.80 bits per heavy atom. The normalized spacial score (nSPS) is 9.67. The molecule has 80 valence electrons. The molecular weight excluding hydrogens is 196 g/mol. The highest BCUT2D eigenvalue weighted by Crippen LogP contribution is 2.19. The lowest BCUT2D eigenvalue weighted by Crippen LogP contribution is -2.18. The number of aromatic hydroxyl groups is 1. The second kappa shape index (κ2) is 4.45. The smallest absolute Gasteiger partial charge is 0.356 e. The molecule has 0 atom stereocenters. The van der Waals surface area contributed by atoms with Crippen LogP contribution < -0.4 is 5.73 Å². The van der Waals surface area contributed by atoms with Gasteiger partial charge in [0.05, 0.1) is 6.61 Å². The summed E-state index contributed by atoms with van der Waals surface area (Å²) in [5.74, 6) is -0.734. The van der Waals surface area contributed by atoms with Crippen molar-refractivity contribution in [3.05, 3.63) is 23.8 Å². The maximum absolute atomic E-state index is 11.2. The van der Waals surface area contributed by atoms with E-state index in [4.69, 9.17) is 16.2 Å². The molecule has 4 N–H and O–H groups in total. The van der Waals surface area contributed by atoms with Gasteiger partial charge < -0.3 is 15.6 Å². The number of anilines is 1. The molecule has 1 aromatic rings. The van der Waals surface area contributed by atoms with Gasteiger partial charge in [0.15, 0.2) is 0 Å². The maximum Gasteiger partial charge on any atom is 0.356 e. The number of phenols is 1. The van der Waals surface area contributed by atoms with E-state index < -0.39 is 5.97 Å². The van der Waals surface area contributed by atoms with Gasteiger partial charge in [0.25, 0.3) is 0 Å². The first-order valence-corrected chi connectivity index (χ1v) is 4.40. The highest BCUT2D eigenvalue weighted by Gasteiger charge is 2.15. The summed E-state index contributed by atoms with van der Waals surface area (Å²) in [4.78, 5) is 11.2. The van der Waals surface area contributed by atoms with Gasteiger partial charge in [-0.05, 0) is 19.1 Å². The topological polar surface area (TPSA) is 96.4 Å². The average Bonchev–Trinajstić information content (AvgIpc) is 2.17. The van der Waals surface area contributed by atoms with Crippen LogP contribution in [0.25, 0.3) is 0 Å². The van der Waals surface area contributed by atoms with E-state index in [-0.39, 0.29) is 29.3 Å². The Hall–Kier alpha value is -2.04. The molecule has 0 heterocycles. The Bertz CT molecular complexity index is 402. The van der Waals surface area contributed by atoms with Crippen LogP contribution in [0.3, 0.4) is 0 Å². The second-order valence-electron chi connectivity index (χ2n) is 2.87. The average molecular weight is 208 g/mol. The van der Waals surface area contributed by atoms with Crippen molar-refractivity contribution in [3.8, 4) is 5.75 Å². The summed E-state index contributed by atoms with van der Waals surface area (Å²) in [6, 6.07) is 4.05. The monoisotopic (exact) mass is 208 g/mol. The van der Waals surface area contributed by atoms with Gasteiger partial charge in [-0.25, -0.2) is 4.79 Å². The van der Waals surface area contributed by atoms with Gasteiger partial charge in [-0.3, -0.25) is 5.41 Å². The fourth-order valence-electron chi connectivity index (χ4n) is 1.09. The van der Waals surface area contributed by atoms with E-state index in [9.17, 15) is 4.79 Å². The van der Waals surface area contributed by atoms with E-state index in [0.717, 1.165) is 0 Å². The molecule has 0 aromatic heterocycles. The molecule has 15 heavy (non-hydrogen) atoms. The van der Waals surface area contributed by atoms with Crippen molar-refractivity contribution in [2.24, 2.45) is 0 Å². The number of nitrogens with one attached hydrogen (secondary N) is 1. The van der Waals surface area contributed by atoms with Crippen molar-refractivity contribution in [3.63, 3.8) is 0 Å². The molecule has 0 saturated carbocycles. The van der Waals surface area contributed by atoms with Gasteiger partial charge in [0, 0.05) is 17.3 Å². The largest absolute Gasteiger partial charge is 0.508 e. The fraction of sp³-hybridized carbons (Fsp3) is 0.200. The molecule has 0 amide bonds. The Labute approximate surface area is 87.0 Å². The SMILES string of the molecule is CCOC(=O)C(=N)c1ccc(O)cc1N. The molecular formula is C10H12N2O3. The van der Waals surface area contributed by atoms with Crippen molar-refractivity contribution >= 4 is 17.4 Å². The first-order valence-electron chi connectivity index (χ1n) is 4.40.